The number of nitrogens with zero attached hydrogens (tertiary/aromatic N) is 2. The van der Waals surface area contributed by atoms with Gasteiger partial charge in [0.1, 0.15) is 0 Å². The number of hydrogen-bond donors (Lipinski definition) is 3. The molecule has 1 aliphatic heterocycles. The molecule has 0 saturated carbocycles. The summed E-state index contributed by atoms with van der Waals surface area (Å²) in [4.78, 5) is 27.5. The summed E-state index contributed by atoms with van der Waals surface area (Å²) in [5, 5.41) is 13.1. The van der Waals surface area contributed by atoms with Crippen LogP contribution in [-0.4, -0.2) is 37.1 Å². The summed E-state index contributed by atoms with van der Waals surface area (Å²) < 4.78 is 26.8. The van der Waals surface area contributed by atoms with Gasteiger partial charge in [-0.1, -0.05) is 11.6 Å². The molecule has 0 spiro atoms. The molecular formula is C20H23ClN4O5S2. The highest BCUT2D eigenvalue weighted by Gasteiger charge is 2.22. The SMILES string of the molecule is O=C(O)Nc1ccc(Cl)cc1.O=C1CCCN1c1ccc(S(=O)(=O)Nc2nccs2)cc1.[HH].[HH]. The lowest BCUT2D eigenvalue weighted by atomic mass is 10.3. The number of anilines is 3. The van der Waals surface area contributed by atoms with Gasteiger partial charge in [-0.05, 0) is 55.0 Å². The maximum atomic E-state index is 12.2. The summed E-state index contributed by atoms with van der Waals surface area (Å²) in [7, 11) is -3.64. The Balaban J connectivity index is 0.000000382. The Morgan fingerprint density at radius 3 is 2.38 bits per heavy atom. The summed E-state index contributed by atoms with van der Waals surface area (Å²) in [6, 6.07) is 12.7. The van der Waals surface area contributed by atoms with Gasteiger partial charge in [0.15, 0.2) is 5.13 Å². The van der Waals surface area contributed by atoms with E-state index in [9.17, 15) is 18.0 Å². The lowest BCUT2D eigenvalue weighted by Gasteiger charge is -2.16. The van der Waals surface area contributed by atoms with E-state index in [2.05, 4.69) is 15.0 Å². The molecule has 1 aliphatic rings. The first-order valence-corrected chi connectivity index (χ1v) is 12.1. The number of nitrogens with one attached hydrogen (secondary N) is 2. The van der Waals surface area contributed by atoms with Gasteiger partial charge in [-0.25, -0.2) is 18.2 Å². The van der Waals surface area contributed by atoms with Gasteiger partial charge >= 0.3 is 6.09 Å². The predicted octanol–water partition coefficient (Wildman–Crippen LogP) is 4.99. The maximum absolute atomic E-state index is 12.2. The molecule has 32 heavy (non-hydrogen) atoms. The third kappa shape index (κ3) is 6.42. The molecule has 2 amide bonds. The number of amides is 2. The van der Waals surface area contributed by atoms with Gasteiger partial charge in [-0.3, -0.25) is 14.8 Å². The number of carbonyl (C=O) groups excluding carboxylic acids is 1. The van der Waals surface area contributed by atoms with Crippen LogP contribution in [0.15, 0.2) is 65.0 Å². The van der Waals surface area contributed by atoms with Gasteiger partial charge in [0.2, 0.25) is 5.91 Å². The van der Waals surface area contributed by atoms with Crippen LogP contribution in [0.5, 0.6) is 0 Å². The summed E-state index contributed by atoms with van der Waals surface area (Å²) in [5.74, 6) is 0.0755. The third-order valence-electron chi connectivity index (χ3n) is 4.28. The van der Waals surface area contributed by atoms with E-state index in [0.29, 0.717) is 28.8 Å². The van der Waals surface area contributed by atoms with Crippen molar-refractivity contribution in [1.82, 2.24) is 4.98 Å². The smallest absolute Gasteiger partial charge is 0.409 e. The fraction of sp³-hybridized carbons (Fsp3) is 0.150. The molecule has 172 valence electrons. The van der Waals surface area contributed by atoms with Crippen molar-refractivity contribution in [2.24, 2.45) is 0 Å². The standard InChI is InChI=1S/C13H13N3O3S2.C7H6ClNO2.2H2/c17-12-2-1-8-16(12)10-3-5-11(6-4-10)21(18,19)15-13-14-7-9-20-13;8-5-1-3-6(4-2-5)9-7(10)11;;/h3-7,9H,1-2,8H2,(H,14,15);1-4,9H,(H,10,11);2*1H. The van der Waals surface area contributed by atoms with E-state index < -0.39 is 16.1 Å². The van der Waals surface area contributed by atoms with E-state index in [1.54, 1.807) is 46.7 Å². The lowest BCUT2D eigenvalue weighted by molar-refractivity contribution is -0.117. The van der Waals surface area contributed by atoms with Crippen molar-refractivity contribution in [1.29, 1.82) is 0 Å². The Kier molecular flexibility index (Phi) is 7.67. The number of carbonyl (C=O) groups is 2. The second-order valence-electron chi connectivity index (χ2n) is 6.52. The number of thiazole rings is 1. The topological polar surface area (TPSA) is 129 Å². The van der Waals surface area contributed by atoms with Crippen LogP contribution >= 0.6 is 22.9 Å². The maximum Gasteiger partial charge on any atom is 0.409 e. The van der Waals surface area contributed by atoms with Crippen molar-refractivity contribution in [2.45, 2.75) is 17.7 Å². The summed E-state index contributed by atoms with van der Waals surface area (Å²) in [6.07, 6.45) is 1.84. The Labute approximate surface area is 196 Å². The normalized spacial score (nSPS) is 13.3. The van der Waals surface area contributed by atoms with Crippen LogP contribution < -0.4 is 14.9 Å². The van der Waals surface area contributed by atoms with Crippen molar-refractivity contribution < 1.29 is 26.0 Å². The number of hydrogen-bond acceptors (Lipinski definition) is 6. The first-order valence-electron chi connectivity index (χ1n) is 9.33. The van der Waals surface area contributed by atoms with Crippen molar-refractivity contribution in [3.63, 3.8) is 0 Å². The van der Waals surface area contributed by atoms with E-state index in [1.807, 2.05) is 0 Å². The first kappa shape index (κ1) is 23.5. The summed E-state index contributed by atoms with van der Waals surface area (Å²) in [6.45, 7) is 0.683. The molecule has 12 heteroatoms. The summed E-state index contributed by atoms with van der Waals surface area (Å²) >= 11 is 6.79. The monoisotopic (exact) mass is 498 g/mol. The number of rotatable bonds is 5. The second kappa shape index (κ2) is 10.4. The van der Waals surface area contributed by atoms with Gasteiger partial charge in [-0.2, -0.15) is 0 Å². The van der Waals surface area contributed by atoms with Gasteiger partial charge in [0.25, 0.3) is 10.0 Å². The molecule has 3 aromatic rings. The molecule has 2 aromatic carbocycles. The predicted molar refractivity (Wildman–Crippen MR) is 128 cm³/mol. The molecule has 0 aliphatic carbocycles. The highest BCUT2D eigenvalue weighted by molar-refractivity contribution is 7.93. The third-order valence-corrected chi connectivity index (χ3v) is 6.71. The van der Waals surface area contributed by atoms with Gasteiger partial charge in [-0.15, -0.1) is 11.3 Å². The van der Waals surface area contributed by atoms with Gasteiger partial charge in [0.05, 0.1) is 4.90 Å². The Morgan fingerprint density at radius 2 is 1.84 bits per heavy atom. The zero-order valence-electron chi connectivity index (χ0n) is 16.6. The van der Waals surface area contributed by atoms with Crippen LogP contribution in [0.3, 0.4) is 0 Å². The number of sulfonamides is 1. The number of halogens is 1. The highest BCUT2D eigenvalue weighted by Crippen LogP contribution is 2.24. The zero-order valence-corrected chi connectivity index (χ0v) is 19.0. The molecule has 3 N–H and O–H groups in total. The number of carboxylic acid groups (broad SMARTS) is 1. The fourth-order valence-corrected chi connectivity index (χ4v) is 4.75. The molecule has 0 atom stereocenters. The van der Waals surface area contributed by atoms with Crippen molar-refractivity contribution in [3.05, 3.63) is 65.1 Å². The van der Waals surface area contributed by atoms with E-state index >= 15 is 0 Å². The molecule has 0 radical (unpaired) electrons. The van der Waals surface area contributed by atoms with Gasteiger partial charge < -0.3 is 10.0 Å². The molecule has 2 heterocycles. The Morgan fingerprint density at radius 1 is 1.16 bits per heavy atom. The highest BCUT2D eigenvalue weighted by atomic mass is 35.5. The van der Waals surface area contributed by atoms with Gasteiger partial charge in [0, 0.05) is 43.8 Å². The minimum Gasteiger partial charge on any atom is -0.465 e. The molecule has 0 bridgehead atoms. The van der Waals surface area contributed by atoms with Crippen LogP contribution in [0.2, 0.25) is 5.02 Å². The molecule has 1 saturated heterocycles. The molecule has 1 aromatic heterocycles. The molecular weight excluding hydrogens is 476 g/mol. The summed E-state index contributed by atoms with van der Waals surface area (Å²) in [5.41, 5.74) is 1.24. The van der Waals surface area contributed by atoms with E-state index in [1.165, 1.54) is 29.7 Å². The van der Waals surface area contributed by atoms with E-state index in [4.69, 9.17) is 16.7 Å². The average molecular weight is 499 g/mol. The zero-order chi connectivity index (χ0) is 23.1. The van der Waals surface area contributed by atoms with E-state index in [0.717, 1.165) is 12.1 Å². The van der Waals surface area contributed by atoms with Crippen LogP contribution in [0.25, 0.3) is 0 Å². The van der Waals surface area contributed by atoms with Crippen molar-refractivity contribution in [2.75, 3.05) is 21.5 Å². The largest absolute Gasteiger partial charge is 0.465 e. The fourth-order valence-electron chi connectivity index (χ4n) is 2.83. The average Bonchev–Trinajstić information content (AvgIpc) is 3.41. The van der Waals surface area contributed by atoms with E-state index in [-0.39, 0.29) is 13.7 Å². The second-order valence-corrected chi connectivity index (χ2v) is 9.54. The minimum absolute atomic E-state index is 0. The number of benzene rings is 2. The van der Waals surface area contributed by atoms with Crippen LogP contribution in [0, 0.1) is 0 Å². The number of aromatic nitrogens is 1. The Bertz CT molecular complexity index is 1180. The van der Waals surface area contributed by atoms with Crippen LogP contribution in [-0.2, 0) is 14.8 Å². The van der Waals surface area contributed by atoms with Crippen molar-refractivity contribution in [3.8, 4) is 0 Å². The molecule has 1 fully saturated rings. The minimum atomic E-state index is -3.64. The lowest BCUT2D eigenvalue weighted by Crippen LogP contribution is -2.23. The van der Waals surface area contributed by atoms with Crippen LogP contribution in [0.4, 0.5) is 21.3 Å². The van der Waals surface area contributed by atoms with Crippen molar-refractivity contribution >= 4 is 61.5 Å². The Hall–Kier alpha value is -3.15. The molecule has 4 rings (SSSR count). The first-order chi connectivity index (χ1) is 15.2. The van der Waals surface area contributed by atoms with Crippen LogP contribution in [0.1, 0.15) is 15.7 Å². The molecule has 9 nitrogen and oxygen atoms in total. The molecule has 0 unspecified atom stereocenters. The quantitative estimate of drug-likeness (QED) is 0.454.